The van der Waals surface area contributed by atoms with Gasteiger partial charge in [-0.15, -0.1) is 0 Å². The maximum atomic E-state index is 11.0. The molecular formula is C15H11NO4S. The Labute approximate surface area is 124 Å². The van der Waals surface area contributed by atoms with Crippen molar-refractivity contribution in [3.05, 3.63) is 48.0 Å². The van der Waals surface area contributed by atoms with Gasteiger partial charge in [-0.3, -0.25) is 0 Å². The van der Waals surface area contributed by atoms with Crippen molar-refractivity contribution in [2.75, 3.05) is 7.11 Å². The summed E-state index contributed by atoms with van der Waals surface area (Å²) in [5, 5.41) is 10.5. The number of aromatic carboxylic acids is 1. The number of hydrogen-bond acceptors (Lipinski definition) is 5. The van der Waals surface area contributed by atoms with Crippen molar-refractivity contribution in [1.82, 2.24) is 4.37 Å². The van der Waals surface area contributed by atoms with E-state index in [2.05, 4.69) is 4.37 Å². The van der Waals surface area contributed by atoms with Crippen LogP contribution in [0, 0.1) is 0 Å². The first-order chi connectivity index (χ1) is 10.2. The normalized spacial score (nSPS) is 10.5. The Balaban J connectivity index is 1.99. The topological polar surface area (TPSA) is 68.7 Å². The molecule has 5 nitrogen and oxygen atoms in total. The lowest BCUT2D eigenvalue weighted by atomic mass is 10.2. The smallest absolute Gasteiger partial charge is 0.335 e. The van der Waals surface area contributed by atoms with E-state index in [1.165, 1.54) is 30.8 Å². The maximum absolute atomic E-state index is 11.0. The first kappa shape index (κ1) is 13.4. The number of nitrogens with zero attached hydrogens (tertiary/aromatic N) is 1. The summed E-state index contributed by atoms with van der Waals surface area (Å²) in [6.45, 7) is 0. The predicted octanol–water partition coefficient (Wildman–Crippen LogP) is 3.80. The van der Waals surface area contributed by atoms with E-state index in [4.69, 9.17) is 14.6 Å². The van der Waals surface area contributed by atoms with E-state index in [-0.39, 0.29) is 5.56 Å². The van der Waals surface area contributed by atoms with Crippen LogP contribution in [0.4, 0.5) is 0 Å². The van der Waals surface area contributed by atoms with Crippen molar-refractivity contribution in [2.24, 2.45) is 0 Å². The van der Waals surface area contributed by atoms with Crippen molar-refractivity contribution in [2.45, 2.75) is 0 Å². The third kappa shape index (κ3) is 2.53. The highest BCUT2D eigenvalue weighted by Gasteiger charge is 2.13. The van der Waals surface area contributed by atoms with Crippen LogP contribution in [0.1, 0.15) is 10.4 Å². The SMILES string of the molecule is COc1cc(C(=O)O)ccc1Oc1snc2ccccc12. The first-order valence-corrected chi connectivity index (χ1v) is 6.90. The third-order valence-electron chi connectivity index (χ3n) is 2.96. The van der Waals surface area contributed by atoms with Gasteiger partial charge in [-0.1, -0.05) is 12.1 Å². The van der Waals surface area contributed by atoms with Crippen LogP contribution in [0.25, 0.3) is 10.9 Å². The average molecular weight is 301 g/mol. The van der Waals surface area contributed by atoms with Gasteiger partial charge >= 0.3 is 5.97 Å². The number of fused-ring (bicyclic) bond motifs is 1. The number of carboxylic acids is 1. The maximum Gasteiger partial charge on any atom is 0.335 e. The van der Waals surface area contributed by atoms with E-state index in [1.807, 2.05) is 24.3 Å². The van der Waals surface area contributed by atoms with Gasteiger partial charge in [0, 0.05) is 11.5 Å². The van der Waals surface area contributed by atoms with Gasteiger partial charge in [0.15, 0.2) is 11.5 Å². The molecule has 0 atom stereocenters. The number of rotatable bonds is 4. The van der Waals surface area contributed by atoms with Crippen LogP contribution in [-0.4, -0.2) is 22.6 Å². The number of benzene rings is 2. The Kier molecular flexibility index (Phi) is 3.45. The van der Waals surface area contributed by atoms with E-state index in [1.54, 1.807) is 6.07 Å². The second-order valence-corrected chi connectivity index (χ2v) is 5.00. The van der Waals surface area contributed by atoms with Crippen LogP contribution in [-0.2, 0) is 0 Å². The molecule has 0 bridgehead atoms. The minimum atomic E-state index is -1.01. The van der Waals surface area contributed by atoms with Gasteiger partial charge in [0.25, 0.3) is 0 Å². The number of ether oxygens (including phenoxy) is 2. The van der Waals surface area contributed by atoms with Gasteiger partial charge in [0.2, 0.25) is 5.06 Å². The zero-order valence-electron chi connectivity index (χ0n) is 11.1. The van der Waals surface area contributed by atoms with Gasteiger partial charge in [-0.2, -0.15) is 4.37 Å². The molecule has 0 radical (unpaired) electrons. The summed E-state index contributed by atoms with van der Waals surface area (Å²) in [5.41, 5.74) is 1.01. The summed E-state index contributed by atoms with van der Waals surface area (Å²) in [4.78, 5) is 11.0. The van der Waals surface area contributed by atoms with E-state index in [9.17, 15) is 4.79 Å². The zero-order valence-corrected chi connectivity index (χ0v) is 11.9. The second kappa shape index (κ2) is 5.41. The number of carboxylic acid groups (broad SMARTS) is 1. The fraction of sp³-hybridized carbons (Fsp3) is 0.0667. The van der Waals surface area contributed by atoms with Crippen LogP contribution < -0.4 is 9.47 Å². The molecule has 0 aliphatic carbocycles. The van der Waals surface area contributed by atoms with Crippen LogP contribution in [0.2, 0.25) is 0 Å². The molecule has 0 spiro atoms. The quantitative estimate of drug-likeness (QED) is 0.794. The lowest BCUT2D eigenvalue weighted by Crippen LogP contribution is -1.98. The molecule has 0 saturated heterocycles. The van der Waals surface area contributed by atoms with Crippen molar-refractivity contribution < 1.29 is 19.4 Å². The van der Waals surface area contributed by atoms with E-state index in [0.717, 1.165) is 10.9 Å². The van der Waals surface area contributed by atoms with Crippen LogP contribution in [0.5, 0.6) is 16.6 Å². The molecule has 2 aromatic carbocycles. The van der Waals surface area contributed by atoms with Gasteiger partial charge in [0.1, 0.15) is 0 Å². The van der Waals surface area contributed by atoms with Crippen LogP contribution in [0.3, 0.4) is 0 Å². The largest absolute Gasteiger partial charge is 0.493 e. The third-order valence-corrected chi connectivity index (χ3v) is 3.72. The van der Waals surface area contributed by atoms with E-state index >= 15 is 0 Å². The molecule has 1 heterocycles. The molecule has 3 rings (SSSR count). The molecule has 1 aromatic heterocycles. The fourth-order valence-corrected chi connectivity index (χ4v) is 2.66. The lowest BCUT2D eigenvalue weighted by Gasteiger charge is -2.09. The predicted molar refractivity (Wildman–Crippen MR) is 79.6 cm³/mol. The molecule has 0 saturated carbocycles. The summed E-state index contributed by atoms with van der Waals surface area (Å²) in [6.07, 6.45) is 0. The molecule has 0 unspecified atom stereocenters. The average Bonchev–Trinajstić information content (AvgIpc) is 2.91. The number of aromatic nitrogens is 1. The van der Waals surface area contributed by atoms with Crippen molar-refractivity contribution in [3.8, 4) is 16.6 Å². The van der Waals surface area contributed by atoms with E-state index < -0.39 is 5.97 Å². The molecule has 1 N–H and O–H groups in total. The van der Waals surface area contributed by atoms with Gasteiger partial charge < -0.3 is 14.6 Å². The molecule has 0 aliphatic heterocycles. The fourth-order valence-electron chi connectivity index (χ4n) is 1.92. The molecular weight excluding hydrogens is 290 g/mol. The molecule has 106 valence electrons. The zero-order chi connectivity index (χ0) is 14.8. The molecule has 0 amide bonds. The van der Waals surface area contributed by atoms with E-state index in [0.29, 0.717) is 16.6 Å². The van der Waals surface area contributed by atoms with Gasteiger partial charge in [-0.25, -0.2) is 4.79 Å². The lowest BCUT2D eigenvalue weighted by molar-refractivity contribution is 0.0696. The Morgan fingerprint density at radius 1 is 1.19 bits per heavy atom. The summed E-state index contributed by atoms with van der Waals surface area (Å²) in [5.74, 6) is -0.188. The summed E-state index contributed by atoms with van der Waals surface area (Å²) in [6, 6.07) is 12.1. The summed E-state index contributed by atoms with van der Waals surface area (Å²) in [7, 11) is 1.47. The van der Waals surface area contributed by atoms with Crippen LogP contribution in [0.15, 0.2) is 42.5 Å². The highest BCUT2D eigenvalue weighted by Crippen LogP contribution is 2.38. The molecule has 6 heteroatoms. The Bertz CT molecular complexity index is 812. The standard InChI is InChI=1S/C15H11NO4S/c1-19-13-8-9(14(17)18)6-7-12(13)20-15-10-4-2-3-5-11(10)16-21-15/h2-8H,1H3,(H,17,18). The number of carbonyl (C=O) groups is 1. The van der Waals surface area contributed by atoms with Crippen LogP contribution >= 0.6 is 11.5 Å². The molecule has 0 aliphatic rings. The van der Waals surface area contributed by atoms with Gasteiger partial charge in [0.05, 0.1) is 23.6 Å². The Hall–Kier alpha value is -2.60. The minimum absolute atomic E-state index is 0.147. The second-order valence-electron chi connectivity index (χ2n) is 4.26. The first-order valence-electron chi connectivity index (χ1n) is 6.12. The summed E-state index contributed by atoms with van der Waals surface area (Å²) >= 11 is 1.24. The molecule has 0 fully saturated rings. The molecule has 21 heavy (non-hydrogen) atoms. The van der Waals surface area contributed by atoms with Crippen molar-refractivity contribution in [1.29, 1.82) is 0 Å². The number of methoxy groups -OCH3 is 1. The van der Waals surface area contributed by atoms with Crippen molar-refractivity contribution >= 4 is 28.4 Å². The monoisotopic (exact) mass is 301 g/mol. The number of hydrogen-bond donors (Lipinski definition) is 1. The summed E-state index contributed by atoms with van der Waals surface area (Å²) < 4.78 is 15.3. The molecule has 3 aromatic rings. The Morgan fingerprint density at radius 2 is 2.00 bits per heavy atom. The van der Waals surface area contributed by atoms with Gasteiger partial charge in [-0.05, 0) is 30.3 Å². The Morgan fingerprint density at radius 3 is 2.76 bits per heavy atom. The highest BCUT2D eigenvalue weighted by molar-refractivity contribution is 7.09. The van der Waals surface area contributed by atoms with Crippen molar-refractivity contribution in [3.63, 3.8) is 0 Å². The minimum Gasteiger partial charge on any atom is -0.493 e. The highest BCUT2D eigenvalue weighted by atomic mass is 32.1.